The minimum atomic E-state index is -0.640. The van der Waals surface area contributed by atoms with E-state index in [0.29, 0.717) is 30.1 Å². The van der Waals surface area contributed by atoms with Crippen LogP contribution in [0.3, 0.4) is 0 Å². The lowest BCUT2D eigenvalue weighted by molar-refractivity contribution is -0.118. The van der Waals surface area contributed by atoms with Crippen molar-refractivity contribution in [3.63, 3.8) is 0 Å². The molecule has 2 aromatic carbocycles. The summed E-state index contributed by atoms with van der Waals surface area (Å²) in [5.74, 6) is 0.500. The Kier molecular flexibility index (Phi) is 6.81. The first-order valence-corrected chi connectivity index (χ1v) is 11.8. The molecule has 1 aromatic heterocycles. The number of amides is 1. The molecule has 0 spiro atoms. The van der Waals surface area contributed by atoms with Crippen LogP contribution in [0.4, 0.5) is 10.1 Å². The van der Waals surface area contributed by atoms with E-state index in [9.17, 15) is 14.3 Å². The number of anilines is 1. The van der Waals surface area contributed by atoms with E-state index in [1.165, 1.54) is 6.07 Å². The minimum Gasteiger partial charge on any atom is -0.497 e. The van der Waals surface area contributed by atoms with Crippen LogP contribution in [-0.2, 0) is 11.3 Å². The number of hydrogen-bond donors (Lipinski definition) is 3. The summed E-state index contributed by atoms with van der Waals surface area (Å²) in [5.41, 5.74) is 2.66. The van der Waals surface area contributed by atoms with Gasteiger partial charge < -0.3 is 30.1 Å². The van der Waals surface area contributed by atoms with Crippen molar-refractivity contribution < 1.29 is 23.8 Å². The fourth-order valence-electron chi connectivity index (χ4n) is 4.76. The van der Waals surface area contributed by atoms with Gasteiger partial charge in [0.2, 0.25) is 0 Å². The smallest absolute Gasteiger partial charge is 0.262 e. The number of carbonyl (C=O) groups excluding carboxylic acids is 1. The molecule has 8 nitrogen and oxygen atoms in total. The number of carbonyl (C=O) groups is 1. The lowest BCUT2D eigenvalue weighted by atomic mass is 10.0. The van der Waals surface area contributed by atoms with Gasteiger partial charge >= 0.3 is 0 Å². The molecule has 1 fully saturated rings. The van der Waals surface area contributed by atoms with Crippen molar-refractivity contribution in [1.82, 2.24) is 15.2 Å². The second-order valence-corrected chi connectivity index (χ2v) is 9.03. The second kappa shape index (κ2) is 10.2. The number of benzene rings is 2. The van der Waals surface area contributed by atoms with Crippen LogP contribution in [0.2, 0.25) is 0 Å². The van der Waals surface area contributed by atoms with Gasteiger partial charge in [-0.1, -0.05) is 0 Å². The Morgan fingerprint density at radius 3 is 2.91 bits per heavy atom. The zero-order valence-corrected chi connectivity index (χ0v) is 19.6. The average Bonchev–Trinajstić information content (AvgIpc) is 2.87. The highest BCUT2D eigenvalue weighted by molar-refractivity contribution is 5.95. The molecule has 9 heteroatoms. The van der Waals surface area contributed by atoms with E-state index >= 15 is 0 Å². The van der Waals surface area contributed by atoms with Gasteiger partial charge in [-0.3, -0.25) is 9.78 Å². The third kappa shape index (κ3) is 5.22. The summed E-state index contributed by atoms with van der Waals surface area (Å²) < 4.78 is 25.1. The predicted octanol–water partition coefficient (Wildman–Crippen LogP) is 3.00. The van der Waals surface area contributed by atoms with Gasteiger partial charge in [-0.2, -0.15) is 0 Å². The topological polar surface area (TPSA) is 96.0 Å². The number of β-amino-alcohol motifs (C(OH)–C–C–N with tert-alkyl or cyclic N) is 1. The van der Waals surface area contributed by atoms with Crippen LogP contribution in [0, 0.1) is 5.82 Å². The number of methoxy groups -OCH3 is 1. The van der Waals surface area contributed by atoms with E-state index in [-0.39, 0.29) is 24.4 Å². The number of aliphatic hydroxyl groups is 1. The summed E-state index contributed by atoms with van der Waals surface area (Å²) in [7, 11) is 1.62. The highest BCUT2D eigenvalue weighted by Crippen LogP contribution is 2.31. The number of hydrogen-bond acceptors (Lipinski definition) is 7. The Hall–Kier alpha value is -3.27. The molecule has 0 radical (unpaired) electrons. The molecule has 1 amide bonds. The van der Waals surface area contributed by atoms with E-state index in [1.807, 2.05) is 24.3 Å². The van der Waals surface area contributed by atoms with Crippen molar-refractivity contribution in [3.05, 3.63) is 59.5 Å². The van der Waals surface area contributed by atoms with Crippen molar-refractivity contribution in [2.24, 2.45) is 0 Å². The van der Waals surface area contributed by atoms with Crippen LogP contribution < -0.4 is 20.1 Å². The molecule has 5 rings (SSSR count). The average molecular weight is 481 g/mol. The van der Waals surface area contributed by atoms with E-state index in [4.69, 9.17) is 9.47 Å². The van der Waals surface area contributed by atoms with Gasteiger partial charge in [0, 0.05) is 42.3 Å². The number of nitrogens with one attached hydrogen (secondary N) is 2. The third-order valence-electron chi connectivity index (χ3n) is 6.72. The van der Waals surface area contributed by atoms with Crippen LogP contribution in [-0.4, -0.2) is 60.3 Å². The van der Waals surface area contributed by atoms with Crippen LogP contribution >= 0.6 is 0 Å². The Labute approximate surface area is 203 Å². The first-order valence-electron chi connectivity index (χ1n) is 11.8. The van der Waals surface area contributed by atoms with Crippen LogP contribution in [0.1, 0.15) is 30.1 Å². The predicted molar refractivity (Wildman–Crippen MR) is 130 cm³/mol. The van der Waals surface area contributed by atoms with Gasteiger partial charge in [0.05, 0.1) is 24.4 Å². The molecule has 35 heavy (non-hydrogen) atoms. The quantitative estimate of drug-likeness (QED) is 0.479. The maximum Gasteiger partial charge on any atom is 0.262 e. The first-order chi connectivity index (χ1) is 17.0. The van der Waals surface area contributed by atoms with Gasteiger partial charge in [0.25, 0.3) is 5.91 Å². The summed E-state index contributed by atoms with van der Waals surface area (Å²) in [5, 5.41) is 18.0. The van der Waals surface area contributed by atoms with Crippen LogP contribution in [0.5, 0.6) is 11.5 Å². The zero-order valence-electron chi connectivity index (χ0n) is 19.6. The number of piperidine rings is 1. The standard InChI is InChI=1S/C26H29FN4O4/c1-34-18-2-3-22-20(11-18)19(4-7-28-22)24(32)14-31-8-5-17(6-9-31)29-13-16-10-23-25(12-21(16)27)35-15-26(33)30-23/h2-4,7,10-12,17,24,29,32H,5-6,8-9,13-15H2,1H3,(H,30,33)/t24-/m0/s1. The van der Waals surface area contributed by atoms with E-state index in [2.05, 4.69) is 20.5 Å². The summed E-state index contributed by atoms with van der Waals surface area (Å²) in [4.78, 5) is 18.2. The summed E-state index contributed by atoms with van der Waals surface area (Å²) in [6.45, 7) is 2.47. The number of aliphatic hydroxyl groups excluding tert-OH is 1. The minimum absolute atomic E-state index is 0.0944. The highest BCUT2D eigenvalue weighted by Gasteiger charge is 2.24. The molecule has 1 atom stereocenters. The molecule has 2 aliphatic heterocycles. The lowest BCUT2D eigenvalue weighted by Crippen LogP contribution is -2.43. The highest BCUT2D eigenvalue weighted by atomic mass is 19.1. The zero-order chi connectivity index (χ0) is 24.4. The Morgan fingerprint density at radius 1 is 1.29 bits per heavy atom. The first kappa shape index (κ1) is 23.5. The third-order valence-corrected chi connectivity index (χ3v) is 6.72. The molecule has 3 N–H and O–H groups in total. The number of ether oxygens (including phenoxy) is 2. The Balaban J connectivity index is 1.16. The Bertz CT molecular complexity index is 1230. The maximum absolute atomic E-state index is 14.5. The lowest BCUT2D eigenvalue weighted by Gasteiger charge is -2.34. The summed E-state index contributed by atoms with van der Waals surface area (Å²) in [6.07, 6.45) is 2.87. The van der Waals surface area contributed by atoms with Crippen molar-refractivity contribution in [3.8, 4) is 11.5 Å². The molecule has 0 unspecified atom stereocenters. The van der Waals surface area contributed by atoms with Crippen LogP contribution in [0.15, 0.2) is 42.6 Å². The second-order valence-electron chi connectivity index (χ2n) is 9.03. The van der Waals surface area contributed by atoms with E-state index in [0.717, 1.165) is 48.1 Å². The largest absolute Gasteiger partial charge is 0.497 e. The van der Waals surface area contributed by atoms with Crippen molar-refractivity contribution in [1.29, 1.82) is 0 Å². The van der Waals surface area contributed by atoms with Gasteiger partial charge in [-0.05, 0) is 61.8 Å². The number of aromatic nitrogens is 1. The molecule has 0 aliphatic carbocycles. The van der Waals surface area contributed by atoms with Crippen LogP contribution in [0.25, 0.3) is 10.9 Å². The molecule has 3 aromatic rings. The number of pyridine rings is 1. The molecule has 0 bridgehead atoms. The van der Waals surface area contributed by atoms with Crippen molar-refractivity contribution in [2.45, 2.75) is 31.5 Å². The van der Waals surface area contributed by atoms with Crippen molar-refractivity contribution in [2.75, 3.05) is 38.7 Å². The molecular formula is C26H29FN4O4. The number of rotatable bonds is 7. The van der Waals surface area contributed by atoms with Gasteiger partial charge in [0.1, 0.15) is 17.3 Å². The number of halogens is 1. The molecule has 0 saturated carbocycles. The molecular weight excluding hydrogens is 451 g/mol. The number of likely N-dealkylation sites (tertiary alicyclic amines) is 1. The monoisotopic (exact) mass is 480 g/mol. The Morgan fingerprint density at radius 2 is 2.11 bits per heavy atom. The molecule has 184 valence electrons. The maximum atomic E-state index is 14.5. The molecule has 3 heterocycles. The van der Waals surface area contributed by atoms with Gasteiger partial charge in [0.15, 0.2) is 6.61 Å². The van der Waals surface area contributed by atoms with E-state index < -0.39 is 6.10 Å². The fourth-order valence-corrected chi connectivity index (χ4v) is 4.76. The van der Waals surface area contributed by atoms with Crippen molar-refractivity contribution >= 4 is 22.5 Å². The van der Waals surface area contributed by atoms with Gasteiger partial charge in [-0.15, -0.1) is 0 Å². The summed E-state index contributed by atoms with van der Waals surface area (Å²) in [6, 6.07) is 10.7. The summed E-state index contributed by atoms with van der Waals surface area (Å²) >= 11 is 0. The molecule has 1 saturated heterocycles. The van der Waals surface area contributed by atoms with Gasteiger partial charge in [-0.25, -0.2) is 4.39 Å². The SMILES string of the molecule is COc1ccc2nccc([C@@H](O)CN3CCC(NCc4cc5c(cc4F)OCC(=O)N5)CC3)c2c1. The van der Waals surface area contributed by atoms with E-state index in [1.54, 1.807) is 19.4 Å². The normalized spacial score (nSPS) is 17.5. The number of nitrogens with zero attached hydrogens (tertiary/aromatic N) is 2. The number of fused-ring (bicyclic) bond motifs is 2. The fraction of sp³-hybridized carbons (Fsp3) is 0.385. The molecule has 2 aliphatic rings.